The summed E-state index contributed by atoms with van der Waals surface area (Å²) in [5, 5.41) is 54.3. The Morgan fingerprint density at radius 2 is 1.12 bits per heavy atom. The van der Waals surface area contributed by atoms with Gasteiger partial charge in [0.15, 0.2) is 0 Å². The van der Waals surface area contributed by atoms with Crippen LogP contribution < -0.4 is 14.8 Å². The van der Waals surface area contributed by atoms with E-state index in [1.54, 1.807) is 9.58 Å². The second-order valence-electron chi connectivity index (χ2n) is 27.5. The van der Waals surface area contributed by atoms with Crippen LogP contribution in [0.25, 0.3) is 33.4 Å². The fraction of sp³-hybridized carbons (Fsp3) is 0.603. The molecule has 0 atom stereocenters. The van der Waals surface area contributed by atoms with Crippen molar-refractivity contribution in [2.24, 2.45) is 0 Å². The summed E-state index contributed by atoms with van der Waals surface area (Å²) in [5.41, 5.74) is 5.77. The van der Waals surface area contributed by atoms with E-state index in [1.807, 2.05) is 57.1 Å². The number of carbonyl (C=O) groups excluding carboxylic acids is 2. The van der Waals surface area contributed by atoms with Crippen molar-refractivity contribution in [3.8, 4) is 22.5 Å². The lowest BCUT2D eigenvalue weighted by Gasteiger charge is -2.51. The molecule has 0 radical (unpaired) electrons. The Hall–Kier alpha value is -7.23. The molecule has 0 spiro atoms. The minimum Gasteiger partial charge on any atom is -0.456 e. The second kappa shape index (κ2) is 29.6. The number of carbonyl (C=O) groups is 2. The maximum absolute atomic E-state index is 14.5. The van der Waals surface area contributed by atoms with Gasteiger partial charge in [0.1, 0.15) is 31.0 Å². The highest BCUT2D eigenvalue weighted by Crippen LogP contribution is 2.45. The van der Waals surface area contributed by atoms with Gasteiger partial charge in [-0.15, -0.1) is 15.3 Å². The predicted molar refractivity (Wildman–Crippen MR) is 353 cm³/mol. The molecule has 2 N–H and O–H groups in total. The van der Waals surface area contributed by atoms with E-state index in [4.69, 9.17) is 23.4 Å². The number of amides is 2. The lowest BCUT2D eigenvalue weighted by atomic mass is 9.79. The van der Waals surface area contributed by atoms with Crippen LogP contribution in [-0.4, -0.2) is 213 Å². The SMILES string of the molecule is CCN(CC)c1ccc2c(-c3ccccc3C(=O)N3CCN(C(=O)OCCOCCOCCOCCn4cc(CN(Cc5cn(C6CC(C)(C)N(O)C(C)(C)C6)nn5)Cc5cn(C6CC(C)(C)N(O)C(C)(C)C6)nn5)nn4)CC3)c3ccc(=[N+](CC)CC)cc-3oc2c1. The van der Waals surface area contributed by atoms with Gasteiger partial charge in [-0.1, -0.05) is 33.8 Å². The van der Waals surface area contributed by atoms with Crippen LogP contribution in [0, 0.1) is 0 Å². The van der Waals surface area contributed by atoms with E-state index in [0.29, 0.717) is 91.0 Å². The number of benzene rings is 3. The van der Waals surface area contributed by atoms with Gasteiger partial charge in [-0.05, 0) is 139 Å². The molecule has 0 bridgehead atoms. The third-order valence-electron chi connectivity index (χ3n) is 18.7. The fourth-order valence-electron chi connectivity index (χ4n) is 14.2. The molecule has 2 aromatic carbocycles. The van der Waals surface area contributed by atoms with Crippen molar-refractivity contribution in [2.75, 3.05) is 104 Å². The largest absolute Gasteiger partial charge is 0.456 e. The van der Waals surface area contributed by atoms with Crippen LogP contribution in [0.3, 0.4) is 0 Å². The number of aromatic nitrogens is 9. The molecular weight excluding hydrogens is 1180 g/mol. The van der Waals surface area contributed by atoms with Gasteiger partial charge in [0.2, 0.25) is 5.36 Å². The van der Waals surface area contributed by atoms with E-state index >= 15 is 0 Å². The van der Waals surface area contributed by atoms with Crippen molar-refractivity contribution in [3.05, 3.63) is 107 Å². The number of rotatable bonds is 27. The number of nitrogens with zero attached hydrogens (tertiary/aromatic N) is 16. The first kappa shape index (κ1) is 68.6. The smallest absolute Gasteiger partial charge is 0.409 e. The molecule has 0 saturated carbocycles. The molecule has 4 aliphatic heterocycles. The van der Waals surface area contributed by atoms with Crippen molar-refractivity contribution >= 4 is 28.7 Å². The van der Waals surface area contributed by atoms with Crippen molar-refractivity contribution in [2.45, 2.75) is 169 Å². The molecule has 7 heterocycles. The quantitative estimate of drug-likeness (QED) is 0.0278. The molecule has 25 heteroatoms. The minimum atomic E-state index is -0.437. The number of hydrogen-bond donors (Lipinski definition) is 2. The standard InChI is InChI=1S/C68H99N16O9/c1-13-76(14-2)52-21-23-58-60(37-52)93-61-38-53(77(15-3)16-4)22-24-59(61)62(58)56-19-17-18-20-57(56)63(85)78-25-27-79(28-26-78)64(86)92-36-35-91-34-33-90-32-31-89-30-29-80-46-49(69-72-80)43-75(44-50-47-81(73-70-50)54-39-65(5,6)83(87)66(7,8)40-54)45-51-48-82(74-71-51)55-41-67(9,10)84(88)68(11,12)42-55/h17-24,37-38,46-48,54-55,87-88H,13-16,25-36,39-45H2,1-12H3/q+1. The molecule has 1 aliphatic carbocycles. The maximum atomic E-state index is 14.5. The highest BCUT2D eigenvalue weighted by atomic mass is 16.6. The van der Waals surface area contributed by atoms with Crippen LogP contribution in [0.15, 0.2) is 83.7 Å². The third kappa shape index (κ3) is 16.1. The maximum Gasteiger partial charge on any atom is 0.409 e. The Balaban J connectivity index is 0.647. The van der Waals surface area contributed by atoms with Gasteiger partial charge in [0, 0.05) is 127 Å². The van der Waals surface area contributed by atoms with Crippen molar-refractivity contribution in [3.63, 3.8) is 0 Å². The average Bonchev–Trinajstić information content (AvgIpc) is 1.15. The van der Waals surface area contributed by atoms with Crippen molar-refractivity contribution in [1.29, 1.82) is 0 Å². The van der Waals surface area contributed by atoms with Crippen molar-refractivity contribution < 1.29 is 43.4 Å². The Bertz CT molecular complexity index is 3550. The summed E-state index contributed by atoms with van der Waals surface area (Å²) >= 11 is 0. The summed E-state index contributed by atoms with van der Waals surface area (Å²) in [6.45, 7) is 34.0. The van der Waals surface area contributed by atoms with Crippen LogP contribution in [0.2, 0.25) is 0 Å². The first-order chi connectivity index (χ1) is 44.5. The fourth-order valence-corrected chi connectivity index (χ4v) is 14.2. The summed E-state index contributed by atoms with van der Waals surface area (Å²) in [5.74, 6) is 0.664. The molecule has 25 nitrogen and oxygen atoms in total. The highest BCUT2D eigenvalue weighted by molar-refractivity contribution is 6.09. The van der Waals surface area contributed by atoms with E-state index in [-0.39, 0.29) is 31.2 Å². The lowest BCUT2D eigenvalue weighted by molar-refractivity contribution is -0.249. The molecule has 504 valence electrons. The average molecular weight is 1280 g/mol. The first-order valence-electron chi connectivity index (χ1n) is 33.3. The van der Waals surface area contributed by atoms with Gasteiger partial charge >= 0.3 is 6.09 Å². The first-order valence-corrected chi connectivity index (χ1v) is 33.3. The zero-order valence-corrected chi connectivity index (χ0v) is 56.8. The number of piperidine rings is 2. The summed E-state index contributed by atoms with van der Waals surface area (Å²) in [7, 11) is 0. The van der Waals surface area contributed by atoms with Crippen molar-refractivity contribution in [1.82, 2.24) is 74.4 Å². The number of ether oxygens (including phenoxy) is 4. The van der Waals surface area contributed by atoms with Crippen LogP contribution in [0.1, 0.15) is 148 Å². The van der Waals surface area contributed by atoms with Gasteiger partial charge in [-0.25, -0.2) is 23.4 Å². The molecular formula is C68H99N16O9+. The monoisotopic (exact) mass is 1280 g/mol. The van der Waals surface area contributed by atoms with E-state index in [1.165, 1.54) is 10.1 Å². The van der Waals surface area contributed by atoms with E-state index < -0.39 is 28.2 Å². The predicted octanol–water partition coefficient (Wildman–Crippen LogP) is 8.65. The summed E-state index contributed by atoms with van der Waals surface area (Å²) in [4.78, 5) is 35.7. The van der Waals surface area contributed by atoms with Gasteiger partial charge in [-0.3, -0.25) is 9.69 Å². The number of anilines is 1. The molecule has 3 saturated heterocycles. The minimum absolute atomic E-state index is 0.0639. The van der Waals surface area contributed by atoms with Gasteiger partial charge in [0.25, 0.3) is 5.91 Å². The van der Waals surface area contributed by atoms with Crippen LogP contribution in [0.4, 0.5) is 10.5 Å². The normalized spacial score (nSPS) is 17.9. The molecule has 10 rings (SSSR count). The number of fused-ring (bicyclic) bond motifs is 2. The molecule has 0 unspecified atom stereocenters. The summed E-state index contributed by atoms with van der Waals surface area (Å²) < 4.78 is 37.6. The zero-order chi connectivity index (χ0) is 66.2. The van der Waals surface area contributed by atoms with E-state index in [0.717, 1.165) is 113 Å². The number of hydroxylamine groups is 4. The van der Waals surface area contributed by atoms with Gasteiger partial charge in [-0.2, -0.15) is 10.1 Å². The van der Waals surface area contributed by atoms with Gasteiger partial charge < -0.3 is 48.5 Å². The molecule has 93 heavy (non-hydrogen) atoms. The number of hydrogen-bond acceptors (Lipinski definition) is 19. The van der Waals surface area contributed by atoms with E-state index in [9.17, 15) is 20.0 Å². The highest BCUT2D eigenvalue weighted by Gasteiger charge is 2.47. The molecule has 3 aromatic heterocycles. The molecule has 3 fully saturated rings. The van der Waals surface area contributed by atoms with Crippen LogP contribution in [-0.2, 0) is 45.1 Å². The zero-order valence-electron chi connectivity index (χ0n) is 56.8. The summed E-state index contributed by atoms with van der Waals surface area (Å²) in [6.07, 6.45) is 8.39. The van der Waals surface area contributed by atoms with Gasteiger partial charge in [0.05, 0.1) is 93.8 Å². The van der Waals surface area contributed by atoms with Crippen LogP contribution >= 0.6 is 0 Å². The lowest BCUT2D eigenvalue weighted by Crippen LogP contribution is -2.59. The topological polar surface area (TPSA) is 239 Å². The molecule has 5 aliphatic rings. The molecule has 5 aromatic rings. The third-order valence-corrected chi connectivity index (χ3v) is 18.7. The van der Waals surface area contributed by atoms with Crippen LogP contribution in [0.5, 0.6) is 0 Å². The van der Waals surface area contributed by atoms with E-state index in [2.05, 4.69) is 165 Å². The Kier molecular flexibility index (Phi) is 21.8. The Labute approximate surface area is 546 Å². The number of piperazine rings is 1. The Morgan fingerprint density at radius 1 is 0.602 bits per heavy atom. The summed E-state index contributed by atoms with van der Waals surface area (Å²) in [6, 6.07) is 20.7. The Morgan fingerprint density at radius 3 is 1.68 bits per heavy atom. The molecule has 2 amide bonds. The second-order valence-corrected chi connectivity index (χ2v) is 27.5.